The summed E-state index contributed by atoms with van der Waals surface area (Å²) in [6.45, 7) is 32.9. The van der Waals surface area contributed by atoms with E-state index in [-0.39, 0.29) is 5.41 Å². The molecule has 0 saturated carbocycles. The van der Waals surface area contributed by atoms with Gasteiger partial charge in [-0.15, -0.1) is 12.3 Å². The van der Waals surface area contributed by atoms with Crippen LogP contribution in [-0.4, -0.2) is 0 Å². The Morgan fingerprint density at radius 1 is 0.977 bits per heavy atom. The van der Waals surface area contributed by atoms with Gasteiger partial charge in [0.2, 0.25) is 0 Å². The van der Waals surface area contributed by atoms with Crippen molar-refractivity contribution in [1.82, 2.24) is 0 Å². The smallest absolute Gasteiger partial charge is 0.0462 e. The summed E-state index contributed by atoms with van der Waals surface area (Å²) < 4.78 is 0. The number of terminal acetylenes is 1. The number of rotatable bonds is 9. The quantitative estimate of drug-likeness (QED) is 0.204. The summed E-state index contributed by atoms with van der Waals surface area (Å²) in [6.07, 6.45) is 29.8. The molecule has 1 spiro atoms. The van der Waals surface area contributed by atoms with Crippen molar-refractivity contribution in [2.75, 3.05) is 4.90 Å². The highest BCUT2D eigenvalue weighted by Gasteiger charge is 2.48. The molecule has 236 valence electrons. The molecule has 1 unspecified atom stereocenters. The van der Waals surface area contributed by atoms with Crippen LogP contribution in [-0.2, 0) is 0 Å². The zero-order valence-electron chi connectivity index (χ0n) is 29.6. The lowest BCUT2D eigenvalue weighted by atomic mass is 9.64. The fourth-order valence-electron chi connectivity index (χ4n) is 6.06. The van der Waals surface area contributed by atoms with Crippen molar-refractivity contribution >= 4 is 11.3 Å². The van der Waals surface area contributed by atoms with Crippen LogP contribution in [0.25, 0.3) is 5.57 Å². The number of nitrogens with zero attached hydrogens (tertiary/aromatic N) is 1. The maximum Gasteiger partial charge on any atom is 0.0462 e. The largest absolute Gasteiger partial charge is 0.311 e. The Bertz CT molecular complexity index is 1340. The molecule has 0 aromatic heterocycles. The topological polar surface area (TPSA) is 3.24 Å². The highest BCUT2D eigenvalue weighted by Crippen LogP contribution is 2.60. The van der Waals surface area contributed by atoms with Crippen molar-refractivity contribution in [3.63, 3.8) is 0 Å². The molecule has 1 heterocycles. The van der Waals surface area contributed by atoms with Crippen LogP contribution in [0, 0.1) is 17.8 Å². The molecule has 1 nitrogen and oxygen atoms in total. The molecule has 0 saturated heterocycles. The molecular weight excluding hydrogens is 530 g/mol. The Morgan fingerprint density at radius 2 is 1.59 bits per heavy atom. The molecule has 1 aromatic carbocycles. The molecular formula is C43H59N. The van der Waals surface area contributed by atoms with Crippen LogP contribution in [0.4, 0.5) is 5.69 Å². The number of benzene rings is 1. The monoisotopic (exact) mass is 589 g/mol. The van der Waals surface area contributed by atoms with Crippen LogP contribution in [0.3, 0.4) is 0 Å². The second-order valence-electron chi connectivity index (χ2n) is 10.1. The Kier molecular flexibility index (Phi) is 19.7. The van der Waals surface area contributed by atoms with E-state index in [0.29, 0.717) is 0 Å². The third-order valence-electron chi connectivity index (χ3n) is 7.49. The van der Waals surface area contributed by atoms with Gasteiger partial charge in [-0.25, -0.2) is 0 Å². The molecule has 1 heteroatoms. The zero-order chi connectivity index (χ0) is 33.7. The van der Waals surface area contributed by atoms with Crippen molar-refractivity contribution in [3.05, 3.63) is 144 Å². The fourth-order valence-corrected chi connectivity index (χ4v) is 6.06. The summed E-state index contributed by atoms with van der Waals surface area (Å²) in [5.41, 5.74) is 11.6. The normalized spacial score (nSPS) is 19.8. The Balaban J connectivity index is 0.00000244. The van der Waals surface area contributed by atoms with E-state index in [4.69, 9.17) is 0 Å². The molecule has 1 aromatic rings. The van der Waals surface area contributed by atoms with E-state index < -0.39 is 0 Å². The van der Waals surface area contributed by atoms with Crippen LogP contribution in [0.2, 0.25) is 0 Å². The average Bonchev–Trinajstić information content (AvgIpc) is 3.37. The van der Waals surface area contributed by atoms with Crippen LogP contribution in [0.1, 0.15) is 100 Å². The average molecular weight is 590 g/mol. The number of allylic oxidation sites excluding steroid dienone is 15. The lowest BCUT2D eigenvalue weighted by molar-refractivity contribution is 0.424. The van der Waals surface area contributed by atoms with Gasteiger partial charge in [-0.05, 0) is 99.9 Å². The highest BCUT2D eigenvalue weighted by molar-refractivity contribution is 5.78. The first-order chi connectivity index (χ1) is 21.4. The molecule has 44 heavy (non-hydrogen) atoms. The van der Waals surface area contributed by atoms with Gasteiger partial charge in [-0.3, -0.25) is 0 Å². The summed E-state index contributed by atoms with van der Waals surface area (Å²) in [5, 5.41) is 0. The van der Waals surface area contributed by atoms with Crippen LogP contribution in [0.5, 0.6) is 0 Å². The van der Waals surface area contributed by atoms with Gasteiger partial charge < -0.3 is 4.90 Å². The fraction of sp³-hybridized carbons (Fsp3) is 0.349. The van der Waals surface area contributed by atoms with Crippen LogP contribution >= 0.6 is 0 Å². The van der Waals surface area contributed by atoms with E-state index in [2.05, 4.69) is 131 Å². The minimum atomic E-state index is -0.0727. The number of hydrogen-bond acceptors (Lipinski definition) is 1. The highest BCUT2D eigenvalue weighted by atomic mass is 15.2. The van der Waals surface area contributed by atoms with Gasteiger partial charge in [0.05, 0.1) is 0 Å². The van der Waals surface area contributed by atoms with Gasteiger partial charge >= 0.3 is 0 Å². The lowest BCUT2D eigenvalue weighted by Gasteiger charge is -2.47. The molecule has 1 atom stereocenters. The molecule has 3 rings (SSSR count). The van der Waals surface area contributed by atoms with Crippen molar-refractivity contribution in [1.29, 1.82) is 0 Å². The predicted octanol–water partition coefficient (Wildman–Crippen LogP) is 13.3. The molecule has 0 N–H and O–H groups in total. The maximum atomic E-state index is 4.60. The number of anilines is 1. The van der Waals surface area contributed by atoms with Gasteiger partial charge in [0.1, 0.15) is 0 Å². The van der Waals surface area contributed by atoms with Gasteiger partial charge in [0.15, 0.2) is 0 Å². The van der Waals surface area contributed by atoms with Crippen molar-refractivity contribution < 1.29 is 0 Å². The standard InChI is InChI=1S/C36H43N.C3H4.2C2H6/c1-9-16-28(17-10-2)29-21-23-31(24-22-29)37-34(14-6)32(19-12-4)36(33(20-13-5)35(37)15-7)25-27(8)30(26-36)18-11-3;1-3-2;2*1-2/h9-12,14-19,21-24H,1,4,7,13,20,25-26H2,2-3,5-6,8H3;1H,2H3;2*1-2H3/b17-10-,18-11-,28-16+,32-19+,34-14+;;;. The molecule has 1 aliphatic carbocycles. The van der Waals surface area contributed by atoms with E-state index >= 15 is 0 Å². The summed E-state index contributed by atoms with van der Waals surface area (Å²) in [7, 11) is 0. The minimum Gasteiger partial charge on any atom is -0.311 e. The van der Waals surface area contributed by atoms with Gasteiger partial charge in [0, 0.05) is 22.5 Å². The molecule has 0 radical (unpaired) electrons. The van der Waals surface area contributed by atoms with Gasteiger partial charge in [-0.1, -0.05) is 133 Å². The number of hydrogen-bond donors (Lipinski definition) is 0. The summed E-state index contributed by atoms with van der Waals surface area (Å²) in [5.74, 6) is 2.25. The summed E-state index contributed by atoms with van der Waals surface area (Å²) in [4.78, 5) is 2.40. The Labute approximate surface area is 272 Å². The van der Waals surface area contributed by atoms with E-state index in [1.807, 2.05) is 52.8 Å². The van der Waals surface area contributed by atoms with Crippen molar-refractivity contribution in [3.8, 4) is 12.3 Å². The second kappa shape index (κ2) is 21.6. The van der Waals surface area contributed by atoms with Crippen LogP contribution < -0.4 is 4.90 Å². The third kappa shape index (κ3) is 9.24. The molecule has 0 fully saturated rings. The van der Waals surface area contributed by atoms with E-state index in [1.165, 1.54) is 39.2 Å². The Hall–Kier alpha value is -4.02. The zero-order valence-corrected chi connectivity index (χ0v) is 29.6. The first kappa shape index (κ1) is 40.0. The van der Waals surface area contributed by atoms with Gasteiger partial charge in [-0.2, -0.15) is 0 Å². The molecule has 0 amide bonds. The third-order valence-corrected chi connectivity index (χ3v) is 7.49. The van der Waals surface area contributed by atoms with E-state index in [1.54, 1.807) is 6.92 Å². The van der Waals surface area contributed by atoms with E-state index in [0.717, 1.165) is 36.9 Å². The molecule has 0 bridgehead atoms. The second-order valence-corrected chi connectivity index (χ2v) is 10.1. The summed E-state index contributed by atoms with van der Waals surface area (Å²) >= 11 is 0. The Morgan fingerprint density at radius 3 is 2.05 bits per heavy atom. The summed E-state index contributed by atoms with van der Waals surface area (Å²) in [6, 6.07) is 8.84. The van der Waals surface area contributed by atoms with Crippen LogP contribution in [0.15, 0.2) is 138 Å². The van der Waals surface area contributed by atoms with Crippen molar-refractivity contribution in [2.24, 2.45) is 5.41 Å². The SMILES string of the molecule is C#CC.C=C/C=C1\C(=C/C)N(c2ccc(C(/C=C\C)=C/C=C)cc2)C(C=C)=C(CCC)C12CC(C)=C(/C=C\C)C2.CC.CC. The molecule has 1 aliphatic heterocycles. The first-order valence-corrected chi connectivity index (χ1v) is 16.3. The molecule has 2 aliphatic rings. The minimum absolute atomic E-state index is 0.0727. The lowest BCUT2D eigenvalue weighted by Crippen LogP contribution is -2.39. The van der Waals surface area contributed by atoms with E-state index in [9.17, 15) is 0 Å². The first-order valence-electron chi connectivity index (χ1n) is 16.3. The van der Waals surface area contributed by atoms with Crippen molar-refractivity contribution in [2.45, 2.75) is 94.9 Å². The van der Waals surface area contributed by atoms with Gasteiger partial charge in [0.25, 0.3) is 0 Å². The maximum absolute atomic E-state index is 4.60. The predicted molar refractivity (Wildman–Crippen MR) is 202 cm³/mol.